The highest BCUT2D eigenvalue weighted by atomic mass is 16.3. The number of benzene rings is 9. The van der Waals surface area contributed by atoms with Gasteiger partial charge in [-0.25, -0.2) is 15.0 Å². The molecule has 0 aliphatic rings. The fraction of sp³-hybridized carbons (Fsp3) is 0. The molecule has 0 atom stereocenters. The monoisotopic (exact) mass is 792 g/mol. The van der Waals surface area contributed by atoms with Crippen LogP contribution in [0.1, 0.15) is 0 Å². The molecule has 0 aliphatic heterocycles. The Morgan fingerprint density at radius 3 is 1.48 bits per heavy atom. The van der Waals surface area contributed by atoms with E-state index in [1.165, 1.54) is 0 Å². The molecule has 62 heavy (non-hydrogen) atoms. The first-order valence-electron chi connectivity index (χ1n) is 20.9. The average Bonchev–Trinajstić information content (AvgIpc) is 3.91. The van der Waals surface area contributed by atoms with Crippen LogP contribution in [0.25, 0.3) is 117 Å². The number of hydrogen-bond acceptors (Lipinski definition) is 4. The zero-order chi connectivity index (χ0) is 41.0. The van der Waals surface area contributed by atoms with E-state index in [1.54, 1.807) is 0 Å². The Balaban J connectivity index is 1.12. The van der Waals surface area contributed by atoms with Crippen molar-refractivity contribution in [2.45, 2.75) is 0 Å². The molecule has 3 heterocycles. The molecule has 0 radical (unpaired) electrons. The van der Waals surface area contributed by atoms with Crippen molar-refractivity contribution in [2.24, 2.45) is 0 Å². The Morgan fingerprint density at radius 1 is 0.306 bits per heavy atom. The van der Waals surface area contributed by atoms with Gasteiger partial charge in [-0.05, 0) is 70.3 Å². The maximum Gasteiger partial charge on any atom is 0.166 e. The molecule has 0 fully saturated rings. The molecule has 5 nitrogen and oxygen atoms in total. The van der Waals surface area contributed by atoms with Crippen molar-refractivity contribution in [3.05, 3.63) is 218 Å². The lowest BCUT2D eigenvalue weighted by Gasteiger charge is -2.15. The Bertz CT molecular complexity index is 3560. The van der Waals surface area contributed by atoms with Crippen LogP contribution in [0, 0.1) is 0 Å². The van der Waals surface area contributed by atoms with Gasteiger partial charge in [0.1, 0.15) is 5.58 Å². The van der Waals surface area contributed by atoms with Crippen LogP contribution >= 0.6 is 0 Å². The minimum absolute atomic E-state index is 0.574. The van der Waals surface area contributed by atoms with Crippen LogP contribution in [0.2, 0.25) is 0 Å². The van der Waals surface area contributed by atoms with Gasteiger partial charge in [-0.15, -0.1) is 0 Å². The molecule has 0 unspecified atom stereocenters. The number of aromatic nitrogens is 4. The fourth-order valence-corrected chi connectivity index (χ4v) is 8.95. The topological polar surface area (TPSA) is 56.7 Å². The summed E-state index contributed by atoms with van der Waals surface area (Å²) in [7, 11) is 0. The van der Waals surface area contributed by atoms with E-state index in [-0.39, 0.29) is 0 Å². The first-order chi connectivity index (χ1) is 30.7. The van der Waals surface area contributed by atoms with Gasteiger partial charge in [-0.2, -0.15) is 0 Å². The van der Waals surface area contributed by atoms with Gasteiger partial charge in [0.25, 0.3) is 0 Å². The molecular weight excluding hydrogens is 757 g/mol. The second-order valence-corrected chi connectivity index (χ2v) is 15.6. The van der Waals surface area contributed by atoms with E-state index in [1.807, 2.05) is 36.4 Å². The summed E-state index contributed by atoms with van der Waals surface area (Å²) in [6.07, 6.45) is 0. The average molecular weight is 793 g/mol. The van der Waals surface area contributed by atoms with Crippen molar-refractivity contribution in [3.63, 3.8) is 0 Å². The molecule has 9 aromatic carbocycles. The summed E-state index contributed by atoms with van der Waals surface area (Å²) in [6.45, 7) is 0. The maximum atomic E-state index is 7.08. The lowest BCUT2D eigenvalue weighted by Crippen LogP contribution is -2.04. The second kappa shape index (κ2) is 14.7. The summed E-state index contributed by atoms with van der Waals surface area (Å²) in [5.41, 5.74) is 14.0. The zero-order valence-corrected chi connectivity index (χ0v) is 33.5. The molecule has 3 aromatic heterocycles. The predicted octanol–water partition coefficient (Wildman–Crippen LogP) is 14.9. The molecule has 5 heteroatoms. The summed E-state index contributed by atoms with van der Waals surface area (Å²) in [4.78, 5) is 15.9. The van der Waals surface area contributed by atoms with E-state index >= 15 is 0 Å². The number of para-hydroxylation sites is 3. The molecule has 0 amide bonds. The molecule has 0 saturated heterocycles. The van der Waals surface area contributed by atoms with Crippen molar-refractivity contribution in [1.29, 1.82) is 0 Å². The van der Waals surface area contributed by atoms with Gasteiger partial charge in [-0.1, -0.05) is 176 Å². The van der Waals surface area contributed by atoms with Gasteiger partial charge in [-0.3, -0.25) is 0 Å². The normalized spacial score (nSPS) is 11.5. The fourth-order valence-electron chi connectivity index (χ4n) is 8.95. The summed E-state index contributed by atoms with van der Waals surface area (Å²) in [6, 6.07) is 76.1. The van der Waals surface area contributed by atoms with Gasteiger partial charge in [0.2, 0.25) is 0 Å². The van der Waals surface area contributed by atoms with Crippen molar-refractivity contribution < 1.29 is 4.42 Å². The number of rotatable bonds is 7. The Labute approximate surface area is 357 Å². The highest BCUT2D eigenvalue weighted by Crippen LogP contribution is 2.44. The number of nitrogens with zero attached hydrogens (tertiary/aromatic N) is 4. The third-order valence-corrected chi connectivity index (χ3v) is 11.8. The van der Waals surface area contributed by atoms with Crippen LogP contribution in [0.15, 0.2) is 223 Å². The third-order valence-electron chi connectivity index (χ3n) is 11.8. The number of hydrogen-bond donors (Lipinski definition) is 0. The SMILES string of the molecule is c1ccc(-c2cc(-c3ccccc3)cc(-c3nc(-c4ccccc4)nc(-c4ccccc4-n4c5ccccc5c5ccc6c7cccc(-c8ccccc8)c7oc6c54)n3)c2)cc1. The van der Waals surface area contributed by atoms with Gasteiger partial charge >= 0.3 is 0 Å². The molecule has 0 saturated carbocycles. The van der Waals surface area contributed by atoms with Crippen molar-refractivity contribution >= 4 is 43.7 Å². The molecule has 0 spiro atoms. The van der Waals surface area contributed by atoms with E-state index in [9.17, 15) is 0 Å². The Morgan fingerprint density at radius 2 is 0.790 bits per heavy atom. The smallest absolute Gasteiger partial charge is 0.166 e. The maximum absolute atomic E-state index is 7.08. The Kier molecular flexibility index (Phi) is 8.42. The van der Waals surface area contributed by atoms with E-state index < -0.39 is 0 Å². The zero-order valence-electron chi connectivity index (χ0n) is 33.5. The molecule has 0 N–H and O–H groups in total. The van der Waals surface area contributed by atoms with Crippen LogP contribution in [0.4, 0.5) is 0 Å². The second-order valence-electron chi connectivity index (χ2n) is 15.6. The van der Waals surface area contributed by atoms with Gasteiger partial charge in [0, 0.05) is 43.8 Å². The van der Waals surface area contributed by atoms with E-state index in [4.69, 9.17) is 19.4 Å². The first kappa shape index (κ1) is 35.5. The highest BCUT2D eigenvalue weighted by Gasteiger charge is 2.23. The lowest BCUT2D eigenvalue weighted by atomic mass is 9.96. The molecular formula is C57H36N4O. The van der Waals surface area contributed by atoms with Crippen LogP contribution in [-0.2, 0) is 0 Å². The molecule has 12 aromatic rings. The summed E-state index contributed by atoms with van der Waals surface area (Å²) < 4.78 is 9.41. The molecule has 0 bridgehead atoms. The molecule has 12 rings (SSSR count). The van der Waals surface area contributed by atoms with Crippen molar-refractivity contribution in [2.75, 3.05) is 0 Å². The van der Waals surface area contributed by atoms with Crippen molar-refractivity contribution in [3.8, 4) is 73.2 Å². The third kappa shape index (κ3) is 5.98. The van der Waals surface area contributed by atoms with Crippen LogP contribution < -0.4 is 0 Å². The lowest BCUT2D eigenvalue weighted by molar-refractivity contribution is 0.672. The summed E-state index contributed by atoms with van der Waals surface area (Å²) in [5, 5.41) is 4.38. The van der Waals surface area contributed by atoms with Gasteiger partial charge in [0.15, 0.2) is 23.1 Å². The van der Waals surface area contributed by atoms with Crippen LogP contribution in [-0.4, -0.2) is 19.5 Å². The van der Waals surface area contributed by atoms with E-state index in [0.717, 1.165) is 99.5 Å². The largest absolute Gasteiger partial charge is 0.453 e. The number of fused-ring (bicyclic) bond motifs is 7. The minimum atomic E-state index is 0.574. The highest BCUT2D eigenvalue weighted by molar-refractivity contribution is 6.22. The quantitative estimate of drug-likeness (QED) is 0.161. The van der Waals surface area contributed by atoms with E-state index in [2.05, 4.69) is 187 Å². The van der Waals surface area contributed by atoms with Crippen LogP contribution in [0.5, 0.6) is 0 Å². The minimum Gasteiger partial charge on any atom is -0.453 e. The molecule has 0 aliphatic carbocycles. The van der Waals surface area contributed by atoms with Gasteiger partial charge in [0.05, 0.1) is 16.7 Å². The van der Waals surface area contributed by atoms with Gasteiger partial charge < -0.3 is 8.98 Å². The molecule has 290 valence electrons. The Hall–Kier alpha value is -8.41. The standard InChI is InChI=1S/C57H36N4O/c1-5-18-37(19-6-1)41-34-42(38-20-7-2-8-21-38)36-43(35-41)56-58-55(40-24-11-4-12-25-40)59-57(60-56)49-27-14-16-31-51(49)61-50-30-15-13-26-45(50)46-32-33-48-47-29-17-28-44(39-22-9-3-10-23-39)53(47)62-54(48)52(46)61/h1-36H. The first-order valence-corrected chi connectivity index (χ1v) is 20.9. The van der Waals surface area contributed by atoms with Crippen molar-refractivity contribution in [1.82, 2.24) is 19.5 Å². The van der Waals surface area contributed by atoms with E-state index in [0.29, 0.717) is 17.5 Å². The van der Waals surface area contributed by atoms with Crippen LogP contribution in [0.3, 0.4) is 0 Å². The summed E-state index contributed by atoms with van der Waals surface area (Å²) in [5.74, 6) is 1.76. The summed E-state index contributed by atoms with van der Waals surface area (Å²) >= 11 is 0. The number of furan rings is 1. The predicted molar refractivity (Wildman–Crippen MR) is 254 cm³/mol.